The molecule has 0 bridgehead atoms. The van der Waals surface area contributed by atoms with Crippen LogP contribution in [0.3, 0.4) is 0 Å². The predicted octanol–water partition coefficient (Wildman–Crippen LogP) is 3.70. The van der Waals surface area contributed by atoms with Gasteiger partial charge in [-0.1, -0.05) is 0 Å². The molecule has 0 aliphatic rings. The number of Topliss-reactive ketones (excluding diaryl/α,β-unsaturated/α-hetero) is 1. The average Bonchev–Trinajstić information content (AvgIpc) is 2.60. The van der Waals surface area contributed by atoms with Crippen LogP contribution in [0.5, 0.6) is 11.5 Å². The van der Waals surface area contributed by atoms with E-state index in [2.05, 4.69) is 5.32 Å². The first kappa shape index (κ1) is 17.5. The first-order chi connectivity index (χ1) is 11.6. The molecule has 0 atom stereocenters. The number of rotatable bonds is 8. The Labute approximate surface area is 141 Å². The Bertz CT molecular complexity index is 678. The van der Waals surface area contributed by atoms with Crippen LogP contribution in [-0.2, 0) is 4.79 Å². The van der Waals surface area contributed by atoms with Crippen molar-refractivity contribution in [3.05, 3.63) is 54.1 Å². The molecule has 24 heavy (non-hydrogen) atoms. The third-order valence-corrected chi connectivity index (χ3v) is 3.45. The van der Waals surface area contributed by atoms with Crippen molar-refractivity contribution in [3.8, 4) is 11.5 Å². The third kappa shape index (κ3) is 5.43. The lowest BCUT2D eigenvalue weighted by Crippen LogP contribution is -2.12. The summed E-state index contributed by atoms with van der Waals surface area (Å²) in [4.78, 5) is 23.0. The number of nitrogens with one attached hydrogen (secondary N) is 1. The van der Waals surface area contributed by atoms with E-state index in [-0.39, 0.29) is 11.7 Å². The van der Waals surface area contributed by atoms with Gasteiger partial charge in [-0.25, -0.2) is 0 Å². The van der Waals surface area contributed by atoms with Gasteiger partial charge < -0.3 is 14.8 Å². The minimum atomic E-state index is -0.0595. The highest BCUT2D eigenvalue weighted by atomic mass is 16.5. The molecule has 1 N–H and O–H groups in total. The van der Waals surface area contributed by atoms with E-state index in [1.807, 2.05) is 0 Å². The van der Waals surface area contributed by atoms with E-state index >= 15 is 0 Å². The van der Waals surface area contributed by atoms with Gasteiger partial charge in [0.05, 0.1) is 13.7 Å². The van der Waals surface area contributed by atoms with E-state index in [0.717, 1.165) is 11.4 Å². The molecule has 0 spiro atoms. The molecule has 0 aliphatic heterocycles. The number of benzene rings is 2. The van der Waals surface area contributed by atoms with Crippen molar-refractivity contribution in [2.75, 3.05) is 19.0 Å². The lowest BCUT2D eigenvalue weighted by Gasteiger charge is -2.08. The van der Waals surface area contributed by atoms with Crippen molar-refractivity contribution < 1.29 is 19.1 Å². The molecule has 5 heteroatoms. The molecule has 2 rings (SSSR count). The SMILES string of the molecule is COc1ccc(NC(=O)CCCOc2ccc(C(C)=O)cc2)cc1. The maximum atomic E-state index is 11.9. The van der Waals surface area contributed by atoms with Crippen LogP contribution in [0, 0.1) is 0 Å². The summed E-state index contributed by atoms with van der Waals surface area (Å²) in [7, 11) is 1.60. The fourth-order valence-corrected chi connectivity index (χ4v) is 2.11. The quantitative estimate of drug-likeness (QED) is 0.593. The number of ether oxygens (including phenoxy) is 2. The monoisotopic (exact) mass is 327 g/mol. The number of amides is 1. The van der Waals surface area contributed by atoms with Crippen molar-refractivity contribution in [1.82, 2.24) is 0 Å². The Kier molecular flexibility index (Phi) is 6.37. The maximum absolute atomic E-state index is 11.9. The number of hydrogen-bond acceptors (Lipinski definition) is 4. The lowest BCUT2D eigenvalue weighted by atomic mass is 10.1. The average molecular weight is 327 g/mol. The van der Waals surface area contributed by atoms with Crippen LogP contribution in [-0.4, -0.2) is 25.4 Å². The van der Waals surface area contributed by atoms with E-state index in [1.165, 1.54) is 6.92 Å². The Balaban J connectivity index is 1.69. The van der Waals surface area contributed by atoms with Crippen LogP contribution >= 0.6 is 0 Å². The number of hydrogen-bond donors (Lipinski definition) is 1. The topological polar surface area (TPSA) is 64.6 Å². The van der Waals surface area contributed by atoms with E-state index in [1.54, 1.807) is 55.6 Å². The van der Waals surface area contributed by atoms with Crippen molar-refractivity contribution >= 4 is 17.4 Å². The zero-order valence-corrected chi connectivity index (χ0v) is 13.9. The molecule has 0 unspecified atom stereocenters. The first-order valence-electron chi connectivity index (χ1n) is 7.76. The summed E-state index contributed by atoms with van der Waals surface area (Å²) in [5, 5.41) is 2.82. The molecule has 0 saturated heterocycles. The second kappa shape index (κ2) is 8.72. The maximum Gasteiger partial charge on any atom is 0.224 e. The van der Waals surface area contributed by atoms with Crippen LogP contribution in [0.4, 0.5) is 5.69 Å². The zero-order chi connectivity index (χ0) is 17.4. The van der Waals surface area contributed by atoms with Crippen LogP contribution in [0.1, 0.15) is 30.1 Å². The number of carbonyl (C=O) groups excluding carboxylic acids is 2. The molecule has 126 valence electrons. The van der Waals surface area contributed by atoms with Gasteiger partial charge in [0.15, 0.2) is 5.78 Å². The summed E-state index contributed by atoms with van der Waals surface area (Å²) in [5.41, 5.74) is 1.39. The highest BCUT2D eigenvalue weighted by Gasteiger charge is 2.04. The van der Waals surface area contributed by atoms with Crippen molar-refractivity contribution in [2.45, 2.75) is 19.8 Å². The summed E-state index contributed by atoms with van der Waals surface area (Å²) in [6.45, 7) is 1.97. The summed E-state index contributed by atoms with van der Waals surface area (Å²) < 4.78 is 10.6. The fourth-order valence-electron chi connectivity index (χ4n) is 2.11. The molecule has 0 heterocycles. The highest BCUT2D eigenvalue weighted by molar-refractivity contribution is 5.94. The molecule has 5 nitrogen and oxygen atoms in total. The van der Waals surface area contributed by atoms with Gasteiger partial charge in [-0.2, -0.15) is 0 Å². The minimum absolute atomic E-state index is 0.0248. The minimum Gasteiger partial charge on any atom is -0.497 e. The Morgan fingerprint density at radius 3 is 2.17 bits per heavy atom. The molecular formula is C19H21NO4. The third-order valence-electron chi connectivity index (χ3n) is 3.45. The standard InChI is InChI=1S/C19H21NO4/c1-14(21)15-5-9-18(10-6-15)24-13-3-4-19(22)20-16-7-11-17(23-2)12-8-16/h5-12H,3-4,13H2,1-2H3,(H,20,22). The molecule has 0 fully saturated rings. The smallest absolute Gasteiger partial charge is 0.224 e. The fraction of sp³-hybridized carbons (Fsp3) is 0.263. The number of methoxy groups -OCH3 is 1. The van der Waals surface area contributed by atoms with Crippen LogP contribution in [0.2, 0.25) is 0 Å². The van der Waals surface area contributed by atoms with Gasteiger partial charge in [0.25, 0.3) is 0 Å². The molecule has 0 aromatic heterocycles. The predicted molar refractivity (Wildman–Crippen MR) is 92.8 cm³/mol. The summed E-state index contributed by atoms with van der Waals surface area (Å²) in [5.74, 6) is 1.40. The number of anilines is 1. The summed E-state index contributed by atoms with van der Waals surface area (Å²) in [6.07, 6.45) is 0.980. The van der Waals surface area contributed by atoms with Crippen LogP contribution in [0.25, 0.3) is 0 Å². The van der Waals surface area contributed by atoms with E-state index in [9.17, 15) is 9.59 Å². The molecule has 0 radical (unpaired) electrons. The van der Waals surface area contributed by atoms with Crippen molar-refractivity contribution in [1.29, 1.82) is 0 Å². The molecule has 2 aromatic carbocycles. The summed E-state index contributed by atoms with van der Waals surface area (Å²) >= 11 is 0. The van der Waals surface area contributed by atoms with Crippen molar-refractivity contribution in [3.63, 3.8) is 0 Å². The Morgan fingerprint density at radius 2 is 1.58 bits per heavy atom. The molecular weight excluding hydrogens is 306 g/mol. The van der Waals surface area contributed by atoms with Gasteiger partial charge in [-0.05, 0) is 61.9 Å². The Hall–Kier alpha value is -2.82. The first-order valence-corrected chi connectivity index (χ1v) is 7.76. The van der Waals surface area contributed by atoms with Crippen LogP contribution < -0.4 is 14.8 Å². The van der Waals surface area contributed by atoms with Crippen molar-refractivity contribution in [2.24, 2.45) is 0 Å². The zero-order valence-electron chi connectivity index (χ0n) is 13.9. The van der Waals surface area contributed by atoms with Gasteiger partial charge in [-0.15, -0.1) is 0 Å². The van der Waals surface area contributed by atoms with Crippen LogP contribution in [0.15, 0.2) is 48.5 Å². The molecule has 0 aliphatic carbocycles. The van der Waals surface area contributed by atoms with E-state index in [0.29, 0.717) is 30.8 Å². The van der Waals surface area contributed by atoms with Gasteiger partial charge in [0, 0.05) is 17.7 Å². The molecule has 0 saturated carbocycles. The second-order valence-corrected chi connectivity index (χ2v) is 5.31. The Morgan fingerprint density at radius 1 is 0.958 bits per heavy atom. The van der Waals surface area contributed by atoms with Gasteiger partial charge in [-0.3, -0.25) is 9.59 Å². The number of ketones is 1. The second-order valence-electron chi connectivity index (χ2n) is 5.31. The highest BCUT2D eigenvalue weighted by Crippen LogP contribution is 2.16. The lowest BCUT2D eigenvalue weighted by molar-refractivity contribution is -0.116. The van der Waals surface area contributed by atoms with E-state index in [4.69, 9.17) is 9.47 Å². The van der Waals surface area contributed by atoms with Gasteiger partial charge >= 0.3 is 0 Å². The molecule has 2 aromatic rings. The number of carbonyl (C=O) groups is 2. The normalized spacial score (nSPS) is 10.1. The van der Waals surface area contributed by atoms with Gasteiger partial charge in [0.2, 0.25) is 5.91 Å². The van der Waals surface area contributed by atoms with E-state index < -0.39 is 0 Å². The summed E-state index contributed by atoms with van der Waals surface area (Å²) in [6, 6.07) is 14.2. The molecule has 1 amide bonds. The largest absolute Gasteiger partial charge is 0.497 e. The van der Waals surface area contributed by atoms with Gasteiger partial charge in [0.1, 0.15) is 11.5 Å².